The van der Waals surface area contributed by atoms with E-state index in [4.69, 9.17) is 13.9 Å². The van der Waals surface area contributed by atoms with Crippen molar-refractivity contribution in [3.05, 3.63) is 77.2 Å². The van der Waals surface area contributed by atoms with Gasteiger partial charge in [-0.1, -0.05) is 30.3 Å². The van der Waals surface area contributed by atoms with Gasteiger partial charge in [0.2, 0.25) is 5.89 Å². The summed E-state index contributed by atoms with van der Waals surface area (Å²) in [6.07, 6.45) is 1.47. The number of benzene rings is 2. The number of carbonyl (C=O) groups excluding carboxylic acids is 1. The van der Waals surface area contributed by atoms with E-state index in [0.717, 1.165) is 5.56 Å². The van der Waals surface area contributed by atoms with Crippen molar-refractivity contribution in [2.45, 2.75) is 13.5 Å². The molecule has 6 nitrogen and oxygen atoms in total. The Morgan fingerprint density at radius 2 is 1.89 bits per heavy atom. The molecule has 0 aliphatic carbocycles. The van der Waals surface area contributed by atoms with Gasteiger partial charge in [-0.15, -0.1) is 0 Å². The predicted octanol–water partition coefficient (Wildman–Crippen LogP) is 4.31. The lowest BCUT2D eigenvalue weighted by Gasteiger charge is -2.03. The van der Waals surface area contributed by atoms with Crippen molar-refractivity contribution in [1.82, 2.24) is 4.98 Å². The summed E-state index contributed by atoms with van der Waals surface area (Å²) in [5.74, 6) is 0.985. The average Bonchev–Trinajstić information content (AvgIpc) is 3.12. The third-order valence-corrected chi connectivity index (χ3v) is 4.02. The van der Waals surface area contributed by atoms with Crippen molar-refractivity contribution in [2.24, 2.45) is 0 Å². The van der Waals surface area contributed by atoms with E-state index in [9.17, 15) is 10.1 Å². The Bertz CT molecular complexity index is 1030. The van der Waals surface area contributed by atoms with Gasteiger partial charge in [-0.3, -0.25) is 0 Å². The molecule has 140 valence electrons. The van der Waals surface area contributed by atoms with Crippen LogP contribution in [0.1, 0.15) is 17.0 Å². The first-order chi connectivity index (χ1) is 13.6. The molecule has 3 rings (SSSR count). The molecule has 0 radical (unpaired) electrons. The number of carbonyl (C=O) groups is 1. The van der Waals surface area contributed by atoms with Gasteiger partial charge in [-0.2, -0.15) is 5.26 Å². The van der Waals surface area contributed by atoms with Crippen LogP contribution in [0, 0.1) is 18.3 Å². The number of aryl methyl sites for hydroxylation is 1. The zero-order valence-corrected chi connectivity index (χ0v) is 15.5. The predicted molar refractivity (Wildman–Crippen MR) is 103 cm³/mol. The summed E-state index contributed by atoms with van der Waals surface area (Å²) in [7, 11) is 1.57. The Morgan fingerprint density at radius 3 is 2.54 bits per heavy atom. The molecular formula is C22H18N2O4. The molecule has 0 fully saturated rings. The van der Waals surface area contributed by atoms with Crippen molar-refractivity contribution in [1.29, 1.82) is 5.26 Å². The van der Waals surface area contributed by atoms with E-state index < -0.39 is 5.97 Å². The highest BCUT2D eigenvalue weighted by atomic mass is 16.5. The molecular weight excluding hydrogens is 356 g/mol. The smallest absolute Gasteiger partial charge is 0.349 e. The molecule has 6 heteroatoms. The third-order valence-electron chi connectivity index (χ3n) is 4.02. The molecule has 3 aromatic rings. The van der Waals surface area contributed by atoms with Crippen molar-refractivity contribution in [2.75, 3.05) is 7.11 Å². The summed E-state index contributed by atoms with van der Waals surface area (Å²) in [6.45, 7) is 1.67. The van der Waals surface area contributed by atoms with Crippen LogP contribution in [0.3, 0.4) is 0 Å². The second-order valence-corrected chi connectivity index (χ2v) is 5.91. The summed E-state index contributed by atoms with van der Waals surface area (Å²) in [6, 6.07) is 18.3. The molecule has 0 amide bonds. The van der Waals surface area contributed by atoms with Crippen LogP contribution in [-0.2, 0) is 16.1 Å². The number of hydrogen-bond donors (Lipinski definition) is 0. The summed E-state index contributed by atoms with van der Waals surface area (Å²) >= 11 is 0. The number of hydrogen-bond acceptors (Lipinski definition) is 6. The first kappa shape index (κ1) is 18.9. The molecule has 1 aromatic heterocycles. The number of nitriles is 1. The number of rotatable bonds is 6. The average molecular weight is 374 g/mol. The number of ether oxygens (including phenoxy) is 2. The van der Waals surface area contributed by atoms with Gasteiger partial charge in [0.15, 0.2) is 0 Å². The van der Waals surface area contributed by atoms with Crippen LogP contribution >= 0.6 is 0 Å². The number of oxazole rings is 1. The molecule has 0 saturated heterocycles. The highest BCUT2D eigenvalue weighted by molar-refractivity contribution is 5.97. The maximum Gasteiger partial charge on any atom is 0.349 e. The van der Waals surface area contributed by atoms with Gasteiger partial charge in [0.05, 0.1) is 7.11 Å². The molecule has 0 aliphatic heterocycles. The fourth-order valence-electron chi connectivity index (χ4n) is 2.48. The maximum absolute atomic E-state index is 12.3. The molecule has 0 saturated carbocycles. The van der Waals surface area contributed by atoms with E-state index in [0.29, 0.717) is 28.7 Å². The van der Waals surface area contributed by atoms with E-state index in [-0.39, 0.29) is 12.2 Å². The number of methoxy groups -OCH3 is 1. The van der Waals surface area contributed by atoms with Gasteiger partial charge in [0.25, 0.3) is 0 Å². The highest BCUT2D eigenvalue weighted by Crippen LogP contribution is 2.22. The van der Waals surface area contributed by atoms with Crippen LogP contribution in [-0.4, -0.2) is 18.1 Å². The van der Waals surface area contributed by atoms with Gasteiger partial charge in [-0.25, -0.2) is 9.78 Å². The zero-order chi connectivity index (χ0) is 19.9. The van der Waals surface area contributed by atoms with Crippen LogP contribution in [0.25, 0.3) is 17.5 Å². The molecule has 0 bridgehead atoms. The molecule has 0 spiro atoms. The second kappa shape index (κ2) is 8.69. The lowest BCUT2D eigenvalue weighted by Crippen LogP contribution is -2.07. The lowest BCUT2D eigenvalue weighted by molar-refractivity contribution is -0.139. The van der Waals surface area contributed by atoms with Gasteiger partial charge < -0.3 is 13.9 Å². The Labute approximate surface area is 162 Å². The van der Waals surface area contributed by atoms with E-state index in [1.807, 2.05) is 36.4 Å². The van der Waals surface area contributed by atoms with Gasteiger partial charge in [0, 0.05) is 5.56 Å². The monoisotopic (exact) mass is 374 g/mol. The van der Waals surface area contributed by atoms with Crippen molar-refractivity contribution >= 4 is 12.0 Å². The molecule has 0 atom stereocenters. The van der Waals surface area contributed by atoms with Crippen LogP contribution in [0.5, 0.6) is 5.75 Å². The van der Waals surface area contributed by atoms with E-state index in [1.54, 1.807) is 38.3 Å². The quantitative estimate of drug-likeness (QED) is 0.363. The third kappa shape index (κ3) is 4.46. The van der Waals surface area contributed by atoms with E-state index in [2.05, 4.69) is 4.98 Å². The summed E-state index contributed by atoms with van der Waals surface area (Å²) in [5, 5.41) is 9.29. The second-order valence-electron chi connectivity index (χ2n) is 5.91. The van der Waals surface area contributed by atoms with Crippen LogP contribution in [0.4, 0.5) is 0 Å². The van der Waals surface area contributed by atoms with Crippen LogP contribution in [0.15, 0.2) is 64.6 Å². The minimum absolute atomic E-state index is 0.0807. The summed E-state index contributed by atoms with van der Waals surface area (Å²) in [4.78, 5) is 16.6. The zero-order valence-electron chi connectivity index (χ0n) is 15.5. The highest BCUT2D eigenvalue weighted by Gasteiger charge is 2.16. The minimum atomic E-state index is -0.720. The largest absolute Gasteiger partial charge is 0.497 e. The minimum Gasteiger partial charge on any atom is -0.497 e. The summed E-state index contributed by atoms with van der Waals surface area (Å²) < 4.78 is 16.0. The Hall–Kier alpha value is -3.85. The molecule has 0 aliphatic rings. The van der Waals surface area contributed by atoms with Crippen molar-refractivity contribution < 1.29 is 18.7 Å². The van der Waals surface area contributed by atoms with E-state index >= 15 is 0 Å². The molecule has 28 heavy (non-hydrogen) atoms. The number of aromatic nitrogens is 1. The maximum atomic E-state index is 12.3. The SMILES string of the molecule is COc1ccc(/C=C(\C#N)C(=O)OCc2nc(-c3ccccc3)oc2C)cc1. The van der Waals surface area contributed by atoms with Gasteiger partial charge in [0.1, 0.15) is 35.5 Å². The topological polar surface area (TPSA) is 85.3 Å². The molecule has 2 aromatic carbocycles. The van der Waals surface area contributed by atoms with Gasteiger partial charge >= 0.3 is 5.97 Å². The fraction of sp³-hybridized carbons (Fsp3) is 0.136. The standard InChI is InChI=1S/C22H18N2O4/c1-15-20(24-21(28-15)17-6-4-3-5-7-17)14-27-22(25)18(13-23)12-16-8-10-19(26-2)11-9-16/h3-12H,14H2,1-2H3/b18-12+. The lowest BCUT2D eigenvalue weighted by atomic mass is 10.1. The Kier molecular flexibility index (Phi) is 5.87. The molecule has 0 N–H and O–H groups in total. The number of esters is 1. The van der Waals surface area contributed by atoms with Gasteiger partial charge in [-0.05, 0) is 42.8 Å². The molecule has 0 unspecified atom stereocenters. The van der Waals surface area contributed by atoms with E-state index in [1.165, 1.54) is 6.08 Å². The van der Waals surface area contributed by atoms with Crippen LogP contribution < -0.4 is 4.74 Å². The molecule has 1 heterocycles. The Balaban J connectivity index is 1.69. The summed E-state index contributed by atoms with van der Waals surface area (Å²) in [5.41, 5.74) is 1.93. The first-order valence-electron chi connectivity index (χ1n) is 8.55. The van der Waals surface area contributed by atoms with Crippen molar-refractivity contribution in [3.8, 4) is 23.3 Å². The normalized spacial score (nSPS) is 11.0. The Morgan fingerprint density at radius 1 is 1.18 bits per heavy atom. The number of nitrogens with zero attached hydrogens (tertiary/aromatic N) is 2. The van der Waals surface area contributed by atoms with Crippen LogP contribution in [0.2, 0.25) is 0 Å². The fourth-order valence-corrected chi connectivity index (χ4v) is 2.48. The van der Waals surface area contributed by atoms with Crippen molar-refractivity contribution in [3.63, 3.8) is 0 Å². The first-order valence-corrected chi connectivity index (χ1v) is 8.55.